The number of H-pyrrole nitrogens is 1. The van der Waals surface area contributed by atoms with Crippen LogP contribution in [0.1, 0.15) is 98.1 Å². The molecule has 21 nitrogen and oxygen atoms in total. The second kappa shape index (κ2) is 21.8. The van der Waals surface area contributed by atoms with E-state index in [1.54, 1.807) is 6.07 Å². The molecule has 3 aromatic carbocycles. The van der Waals surface area contributed by atoms with E-state index in [1.807, 2.05) is 42.7 Å². The van der Waals surface area contributed by atoms with Crippen LogP contribution in [-0.2, 0) is 30.8 Å². The third-order valence-electron chi connectivity index (χ3n) is 18.8. The highest BCUT2D eigenvalue weighted by Gasteiger charge is 2.51. The average molecular weight is 1150 g/mol. The fourth-order valence-electron chi connectivity index (χ4n) is 14.5. The van der Waals surface area contributed by atoms with E-state index < -0.39 is 37.5 Å². The number of aromatic amines is 1. The van der Waals surface area contributed by atoms with Crippen molar-refractivity contribution in [3.63, 3.8) is 0 Å². The minimum absolute atomic E-state index is 0.0238. The minimum atomic E-state index is -4.72. The standard InChI is InChI=1S/C61H70N10O11S/c1-37(2)81-53-8-4-3-7-44(53)51-32-68(52-35-79-33-40-6-5-17-62-56(40)52)21-22-69(51)42-30-61(31-42)15-19-67(20-16-61)41-9-10-45(48(27-41)70-47-14-25-78-36-55(47)82-60-50(70)26-39-11-18-63-58(39)65-60)59(72)66-83(75,76)43-28-49(71(73)74)57-54(29-43)80-34-46(64-57)38-12-23-77-24-13-38/h3-11,17-18,26-29,37-38,42,46-47,51-52,55,64H,12-16,19-25,30-36H2,1-2H3,(H,63,65)(H,66,72)/t46-,47-,51-,52-,55-/m0/s1. The van der Waals surface area contributed by atoms with Crippen LogP contribution < -0.4 is 34.0 Å². The molecule has 83 heavy (non-hydrogen) atoms. The van der Waals surface area contributed by atoms with Crippen molar-refractivity contribution < 1.29 is 46.6 Å². The summed E-state index contributed by atoms with van der Waals surface area (Å²) in [5.41, 5.74) is 6.03. The zero-order valence-electron chi connectivity index (χ0n) is 46.7. The second-order valence-corrected chi connectivity index (χ2v) is 25.7. The summed E-state index contributed by atoms with van der Waals surface area (Å²) < 4.78 is 68.1. The lowest BCUT2D eigenvalue weighted by Gasteiger charge is -2.58. The van der Waals surface area contributed by atoms with E-state index in [2.05, 4.69) is 78.8 Å². The number of rotatable bonds is 12. The van der Waals surface area contributed by atoms with E-state index >= 15 is 0 Å². The molecule has 0 bridgehead atoms. The summed E-state index contributed by atoms with van der Waals surface area (Å²) in [6.07, 6.45) is 9.52. The van der Waals surface area contributed by atoms with Gasteiger partial charge in [-0.25, -0.2) is 13.1 Å². The SMILES string of the molecule is CC(C)Oc1ccccc1[C@@H]1CN([C@H]2COCc3cccnc32)CCN1C1CC2(CCN(c3ccc(C(=O)NS(=O)(=O)c4cc5c(c([N+](=O)[O-])c4)N[C@H](C4CCOCC4)CO5)c(N4c5cc6cc[nH]c6nc5O[C@H]5COCC[C@@H]54)c3)CC2)C1. The number of nitro benzene ring substituents is 1. The van der Waals surface area contributed by atoms with Crippen LogP contribution in [0, 0.1) is 21.4 Å². The fourth-order valence-corrected chi connectivity index (χ4v) is 15.5. The quantitative estimate of drug-likeness (QED) is 0.0771. The van der Waals surface area contributed by atoms with Crippen molar-refractivity contribution in [3.05, 3.63) is 124 Å². The number of hydrogen-bond acceptors (Lipinski definition) is 18. The molecule has 7 aliphatic heterocycles. The Kier molecular flexibility index (Phi) is 14.2. The lowest BCUT2D eigenvalue weighted by Crippen LogP contribution is -2.60. The van der Waals surface area contributed by atoms with Gasteiger partial charge in [-0.05, 0) is 113 Å². The number of amides is 1. The molecule has 0 radical (unpaired) electrons. The van der Waals surface area contributed by atoms with Crippen molar-refractivity contribution in [1.29, 1.82) is 0 Å². The van der Waals surface area contributed by atoms with Gasteiger partial charge in [-0.1, -0.05) is 24.3 Å². The van der Waals surface area contributed by atoms with Crippen LogP contribution in [-0.4, -0.2) is 147 Å². The number of carbonyl (C=O) groups excluding carboxylic acids is 1. The van der Waals surface area contributed by atoms with Gasteiger partial charge in [-0.15, -0.1) is 0 Å². The monoisotopic (exact) mass is 1150 g/mol. The van der Waals surface area contributed by atoms with Gasteiger partial charge in [-0.3, -0.25) is 29.7 Å². The number of benzene rings is 3. The van der Waals surface area contributed by atoms with Crippen molar-refractivity contribution in [1.82, 2.24) is 29.5 Å². The molecule has 5 atom stereocenters. The number of ether oxygens (including phenoxy) is 6. The largest absolute Gasteiger partial charge is 0.491 e. The van der Waals surface area contributed by atoms with Crippen molar-refractivity contribution in [3.8, 4) is 17.4 Å². The third kappa shape index (κ3) is 10.2. The summed E-state index contributed by atoms with van der Waals surface area (Å²) in [7, 11) is -4.72. The molecule has 10 heterocycles. The van der Waals surface area contributed by atoms with Gasteiger partial charge in [0.1, 0.15) is 29.8 Å². The van der Waals surface area contributed by atoms with Crippen LogP contribution in [0.15, 0.2) is 96.2 Å². The number of anilines is 4. The molecule has 4 saturated heterocycles. The highest BCUT2D eigenvalue weighted by molar-refractivity contribution is 7.90. The van der Waals surface area contributed by atoms with Gasteiger partial charge in [0.05, 0.1) is 76.9 Å². The average Bonchev–Trinajstić information content (AvgIpc) is 4.15. The van der Waals surface area contributed by atoms with Crippen molar-refractivity contribution in [2.75, 3.05) is 87.5 Å². The lowest BCUT2D eigenvalue weighted by molar-refractivity contribution is -0.384. The van der Waals surface area contributed by atoms with Crippen LogP contribution in [0.3, 0.4) is 0 Å². The molecule has 436 valence electrons. The zero-order valence-corrected chi connectivity index (χ0v) is 47.6. The number of nitrogens with one attached hydrogen (secondary N) is 3. The fraction of sp³-hybridized carbons (Fsp3) is 0.492. The summed E-state index contributed by atoms with van der Waals surface area (Å²) in [5, 5.41) is 16.7. The van der Waals surface area contributed by atoms with Crippen molar-refractivity contribution in [2.24, 2.45) is 11.3 Å². The van der Waals surface area contributed by atoms with E-state index in [9.17, 15) is 23.3 Å². The number of nitro groups is 1. The molecule has 14 rings (SSSR count). The molecule has 3 aromatic heterocycles. The molecular weight excluding hydrogens is 1080 g/mol. The molecule has 0 unspecified atom stereocenters. The number of aromatic nitrogens is 3. The topological polar surface area (TPSA) is 228 Å². The summed E-state index contributed by atoms with van der Waals surface area (Å²) in [6.45, 7) is 11.7. The number of para-hydroxylation sites is 1. The molecule has 1 saturated carbocycles. The van der Waals surface area contributed by atoms with Gasteiger partial charge in [0.25, 0.3) is 21.6 Å². The Hall–Kier alpha value is -7.08. The second-order valence-electron chi connectivity index (χ2n) is 24.0. The Morgan fingerprint density at radius 1 is 0.892 bits per heavy atom. The number of piperazine rings is 1. The number of sulfonamides is 1. The predicted molar refractivity (Wildman–Crippen MR) is 309 cm³/mol. The van der Waals surface area contributed by atoms with E-state index in [4.69, 9.17) is 38.4 Å². The summed E-state index contributed by atoms with van der Waals surface area (Å²) in [6, 6.07) is 24.4. The first-order valence-corrected chi connectivity index (χ1v) is 30.9. The zero-order chi connectivity index (χ0) is 56.6. The number of carbonyl (C=O) groups is 1. The Morgan fingerprint density at radius 3 is 2.55 bits per heavy atom. The maximum absolute atomic E-state index is 15.0. The molecule has 1 spiro atoms. The van der Waals surface area contributed by atoms with Crippen LogP contribution in [0.4, 0.5) is 28.4 Å². The maximum Gasteiger partial charge on any atom is 0.297 e. The predicted octanol–water partition coefficient (Wildman–Crippen LogP) is 8.44. The Bertz CT molecular complexity index is 3560. The molecule has 8 aliphatic rings. The van der Waals surface area contributed by atoms with Gasteiger partial charge in [0.15, 0.2) is 11.4 Å². The number of pyridine rings is 2. The van der Waals surface area contributed by atoms with E-state index in [0.717, 1.165) is 105 Å². The number of nitrogens with zero attached hydrogens (tertiary/aromatic N) is 7. The first-order chi connectivity index (χ1) is 40.3. The Labute approximate surface area is 482 Å². The van der Waals surface area contributed by atoms with Gasteiger partial charge >= 0.3 is 0 Å². The van der Waals surface area contributed by atoms with Crippen LogP contribution in [0.2, 0.25) is 0 Å². The van der Waals surface area contributed by atoms with Crippen molar-refractivity contribution >= 4 is 55.4 Å². The first kappa shape index (κ1) is 53.9. The number of piperidine rings is 1. The Balaban J connectivity index is 0.740. The van der Waals surface area contributed by atoms with E-state index in [0.29, 0.717) is 68.4 Å². The van der Waals surface area contributed by atoms with Gasteiger partial charge in [0.2, 0.25) is 5.88 Å². The number of fused-ring (bicyclic) bond motifs is 5. The molecule has 3 N–H and O–H groups in total. The molecule has 22 heteroatoms. The molecule has 1 amide bonds. The summed E-state index contributed by atoms with van der Waals surface area (Å²) in [4.78, 5) is 49.2. The highest BCUT2D eigenvalue weighted by atomic mass is 32.2. The molecule has 6 aromatic rings. The highest BCUT2D eigenvalue weighted by Crippen LogP contribution is 2.55. The molecule has 1 aliphatic carbocycles. The first-order valence-electron chi connectivity index (χ1n) is 29.4. The molecular formula is C61H70N10O11S. The maximum atomic E-state index is 15.0. The minimum Gasteiger partial charge on any atom is -0.491 e. The van der Waals surface area contributed by atoms with Gasteiger partial charge in [-0.2, -0.15) is 4.98 Å². The van der Waals surface area contributed by atoms with Crippen LogP contribution in [0.25, 0.3) is 11.0 Å². The van der Waals surface area contributed by atoms with Crippen molar-refractivity contribution in [2.45, 2.75) is 113 Å². The third-order valence-corrected chi connectivity index (χ3v) is 20.1. The Morgan fingerprint density at radius 2 is 1.72 bits per heavy atom. The lowest BCUT2D eigenvalue weighted by atomic mass is 9.59. The van der Waals surface area contributed by atoms with E-state index in [-0.39, 0.29) is 71.8 Å². The normalized spacial score (nSPS) is 24.8. The summed E-state index contributed by atoms with van der Waals surface area (Å²) in [5.74, 6) is 0.570. The molecule has 5 fully saturated rings. The van der Waals surface area contributed by atoms with Gasteiger partial charge in [0, 0.05) is 105 Å². The van der Waals surface area contributed by atoms with Crippen LogP contribution in [0.5, 0.6) is 17.4 Å². The summed E-state index contributed by atoms with van der Waals surface area (Å²) >= 11 is 0. The van der Waals surface area contributed by atoms with Gasteiger partial charge < -0.3 is 48.5 Å². The van der Waals surface area contributed by atoms with E-state index in [1.165, 1.54) is 11.6 Å². The van der Waals surface area contributed by atoms with Crippen LogP contribution >= 0.6 is 0 Å². The number of hydrogen-bond donors (Lipinski definition) is 3. The smallest absolute Gasteiger partial charge is 0.297 e.